The number of hydrogen-bond donors (Lipinski definition) is 2. The van der Waals surface area contributed by atoms with Crippen molar-refractivity contribution in [1.82, 2.24) is 9.80 Å². The molecular weight excluding hydrogens is 404 g/mol. The minimum absolute atomic E-state index is 0.0640. The van der Waals surface area contributed by atoms with E-state index in [0.29, 0.717) is 23.1 Å². The second-order valence-corrected chi connectivity index (χ2v) is 7.95. The average molecular weight is 437 g/mol. The van der Waals surface area contributed by atoms with Gasteiger partial charge < -0.3 is 24.6 Å². The molecule has 1 amide bonds. The number of nitrogens with zero attached hydrogens (tertiary/aromatic N) is 2. The van der Waals surface area contributed by atoms with E-state index < -0.39 is 11.9 Å². The molecule has 1 aromatic rings. The molecule has 0 bridgehead atoms. The van der Waals surface area contributed by atoms with E-state index in [9.17, 15) is 4.79 Å². The molecule has 2 aliphatic rings. The van der Waals surface area contributed by atoms with E-state index in [-0.39, 0.29) is 5.91 Å². The standard InChI is InChI=1S/C20H30N2O3.C2H2O4/c1-15-4-6-17(7-5-15)21-8-10-22(11-9-21)20(23)16-12-18(24-2)14-19(13-16)25-3;3-1(4)2(5)6/h12-15,17H,4-11H2,1-3H3;(H,3,4)(H,5,6). The molecule has 0 unspecified atom stereocenters. The maximum absolute atomic E-state index is 12.9. The van der Waals surface area contributed by atoms with E-state index in [4.69, 9.17) is 29.3 Å². The fourth-order valence-electron chi connectivity index (χ4n) is 4.01. The van der Waals surface area contributed by atoms with Crippen LogP contribution in [0.5, 0.6) is 11.5 Å². The Hall–Kier alpha value is -2.81. The van der Waals surface area contributed by atoms with E-state index >= 15 is 0 Å². The fraction of sp³-hybridized carbons (Fsp3) is 0.591. The molecule has 1 aromatic carbocycles. The van der Waals surface area contributed by atoms with Crippen LogP contribution in [0.2, 0.25) is 0 Å². The number of carboxylic acids is 2. The first-order chi connectivity index (χ1) is 14.7. The van der Waals surface area contributed by atoms with Gasteiger partial charge >= 0.3 is 11.9 Å². The predicted molar refractivity (Wildman–Crippen MR) is 114 cm³/mol. The lowest BCUT2D eigenvalue weighted by Crippen LogP contribution is -2.52. The van der Waals surface area contributed by atoms with Gasteiger partial charge in [0.1, 0.15) is 11.5 Å². The summed E-state index contributed by atoms with van der Waals surface area (Å²) in [5.74, 6) is -1.41. The molecule has 0 aromatic heterocycles. The Balaban J connectivity index is 0.000000501. The lowest BCUT2D eigenvalue weighted by Gasteiger charge is -2.41. The van der Waals surface area contributed by atoms with Crippen LogP contribution >= 0.6 is 0 Å². The van der Waals surface area contributed by atoms with Gasteiger partial charge in [-0.2, -0.15) is 0 Å². The van der Waals surface area contributed by atoms with Crippen molar-refractivity contribution in [1.29, 1.82) is 0 Å². The monoisotopic (exact) mass is 436 g/mol. The summed E-state index contributed by atoms with van der Waals surface area (Å²) in [6.45, 7) is 5.90. The van der Waals surface area contributed by atoms with Gasteiger partial charge in [-0.05, 0) is 43.7 Å². The molecular formula is C22H32N2O7. The molecule has 0 atom stereocenters. The highest BCUT2D eigenvalue weighted by Crippen LogP contribution is 2.28. The number of ether oxygens (including phenoxy) is 2. The van der Waals surface area contributed by atoms with Crippen LogP contribution in [0.3, 0.4) is 0 Å². The maximum Gasteiger partial charge on any atom is 0.414 e. The SMILES string of the molecule is COc1cc(OC)cc(C(=O)N2CCN(C3CCC(C)CC3)CC2)c1.O=C(O)C(=O)O. The summed E-state index contributed by atoms with van der Waals surface area (Å²) in [5.41, 5.74) is 0.635. The third-order valence-electron chi connectivity index (χ3n) is 5.88. The number of methoxy groups -OCH3 is 2. The highest BCUT2D eigenvalue weighted by atomic mass is 16.5. The van der Waals surface area contributed by atoms with Gasteiger partial charge in [0, 0.05) is 43.9 Å². The first-order valence-electron chi connectivity index (χ1n) is 10.5. The number of carbonyl (C=O) groups is 3. The molecule has 3 rings (SSSR count). The van der Waals surface area contributed by atoms with Crippen LogP contribution in [-0.2, 0) is 9.59 Å². The minimum atomic E-state index is -1.82. The van der Waals surface area contributed by atoms with Gasteiger partial charge in [0.15, 0.2) is 0 Å². The second kappa shape index (κ2) is 11.5. The van der Waals surface area contributed by atoms with Gasteiger partial charge in [0.05, 0.1) is 14.2 Å². The quantitative estimate of drug-likeness (QED) is 0.690. The summed E-state index contributed by atoms with van der Waals surface area (Å²) in [6, 6.07) is 6.09. The van der Waals surface area contributed by atoms with E-state index in [1.54, 1.807) is 32.4 Å². The van der Waals surface area contributed by atoms with Crippen molar-refractivity contribution in [2.45, 2.75) is 38.6 Å². The van der Waals surface area contributed by atoms with E-state index in [1.165, 1.54) is 25.7 Å². The number of aliphatic carboxylic acids is 2. The molecule has 1 aliphatic heterocycles. The van der Waals surface area contributed by atoms with Crippen molar-refractivity contribution in [2.24, 2.45) is 5.92 Å². The Morgan fingerprint density at radius 2 is 1.32 bits per heavy atom. The Kier molecular flexibility index (Phi) is 9.11. The lowest BCUT2D eigenvalue weighted by atomic mass is 9.86. The van der Waals surface area contributed by atoms with Gasteiger partial charge in [-0.15, -0.1) is 0 Å². The molecule has 1 saturated carbocycles. The molecule has 0 radical (unpaired) electrons. The number of carbonyl (C=O) groups excluding carboxylic acids is 1. The highest BCUT2D eigenvalue weighted by Gasteiger charge is 2.29. The largest absolute Gasteiger partial charge is 0.497 e. The molecule has 2 fully saturated rings. The highest BCUT2D eigenvalue weighted by molar-refractivity contribution is 6.27. The van der Waals surface area contributed by atoms with Gasteiger partial charge in [0.2, 0.25) is 0 Å². The van der Waals surface area contributed by atoms with Crippen LogP contribution < -0.4 is 9.47 Å². The molecule has 1 aliphatic carbocycles. The van der Waals surface area contributed by atoms with Crippen LogP contribution in [-0.4, -0.2) is 84.3 Å². The predicted octanol–water partition coefficient (Wildman–Crippen LogP) is 2.20. The minimum Gasteiger partial charge on any atom is -0.497 e. The smallest absolute Gasteiger partial charge is 0.414 e. The van der Waals surface area contributed by atoms with E-state index in [0.717, 1.165) is 32.1 Å². The van der Waals surface area contributed by atoms with Crippen LogP contribution in [0.15, 0.2) is 18.2 Å². The number of carboxylic acid groups (broad SMARTS) is 2. The zero-order valence-corrected chi connectivity index (χ0v) is 18.4. The first kappa shape index (κ1) is 24.5. The van der Waals surface area contributed by atoms with Gasteiger partial charge in [0.25, 0.3) is 5.91 Å². The molecule has 31 heavy (non-hydrogen) atoms. The molecule has 9 nitrogen and oxygen atoms in total. The second-order valence-electron chi connectivity index (χ2n) is 7.95. The molecule has 0 spiro atoms. The summed E-state index contributed by atoms with van der Waals surface area (Å²) in [4.78, 5) is 35.6. The molecule has 172 valence electrons. The van der Waals surface area contributed by atoms with Crippen molar-refractivity contribution in [3.05, 3.63) is 23.8 Å². The third kappa shape index (κ3) is 7.13. The molecule has 1 saturated heterocycles. The van der Waals surface area contributed by atoms with E-state index in [2.05, 4.69) is 11.8 Å². The topological polar surface area (TPSA) is 117 Å². The average Bonchev–Trinajstić information content (AvgIpc) is 2.79. The van der Waals surface area contributed by atoms with Crippen molar-refractivity contribution < 1.29 is 34.1 Å². The number of hydrogen-bond acceptors (Lipinski definition) is 6. The molecule has 1 heterocycles. The zero-order chi connectivity index (χ0) is 23.0. The fourth-order valence-corrected chi connectivity index (χ4v) is 4.01. The third-order valence-corrected chi connectivity index (χ3v) is 5.88. The van der Waals surface area contributed by atoms with Crippen molar-refractivity contribution >= 4 is 17.8 Å². The first-order valence-corrected chi connectivity index (χ1v) is 10.5. The summed E-state index contributed by atoms with van der Waals surface area (Å²) < 4.78 is 10.6. The maximum atomic E-state index is 12.9. The zero-order valence-electron chi connectivity index (χ0n) is 18.4. The van der Waals surface area contributed by atoms with Crippen LogP contribution in [0, 0.1) is 5.92 Å². The van der Waals surface area contributed by atoms with Gasteiger partial charge in [-0.1, -0.05) is 6.92 Å². The Morgan fingerprint density at radius 3 is 1.74 bits per heavy atom. The number of rotatable bonds is 4. The summed E-state index contributed by atoms with van der Waals surface area (Å²) in [7, 11) is 3.21. The van der Waals surface area contributed by atoms with Gasteiger partial charge in [-0.3, -0.25) is 9.69 Å². The Morgan fingerprint density at radius 1 is 0.839 bits per heavy atom. The van der Waals surface area contributed by atoms with Crippen LogP contribution in [0.25, 0.3) is 0 Å². The number of piperazine rings is 1. The number of amides is 1. The normalized spacial score (nSPS) is 21.5. The van der Waals surface area contributed by atoms with Gasteiger partial charge in [-0.25, -0.2) is 9.59 Å². The lowest BCUT2D eigenvalue weighted by molar-refractivity contribution is -0.159. The summed E-state index contributed by atoms with van der Waals surface area (Å²) in [6.07, 6.45) is 5.30. The van der Waals surface area contributed by atoms with Crippen LogP contribution in [0.1, 0.15) is 43.0 Å². The summed E-state index contributed by atoms with van der Waals surface area (Å²) >= 11 is 0. The molecule has 9 heteroatoms. The Bertz CT molecular complexity index is 733. The van der Waals surface area contributed by atoms with Crippen molar-refractivity contribution in [2.75, 3.05) is 40.4 Å². The van der Waals surface area contributed by atoms with Crippen molar-refractivity contribution in [3.8, 4) is 11.5 Å². The Labute approximate surface area is 182 Å². The molecule has 2 N–H and O–H groups in total. The van der Waals surface area contributed by atoms with E-state index in [1.807, 2.05) is 4.90 Å². The summed E-state index contributed by atoms with van der Waals surface area (Å²) in [5, 5.41) is 14.8. The van der Waals surface area contributed by atoms with Crippen molar-refractivity contribution in [3.63, 3.8) is 0 Å². The number of benzene rings is 1. The van der Waals surface area contributed by atoms with Crippen LogP contribution in [0.4, 0.5) is 0 Å².